The summed E-state index contributed by atoms with van der Waals surface area (Å²) in [5, 5.41) is 11.1. The summed E-state index contributed by atoms with van der Waals surface area (Å²) in [4.78, 5) is 35.4. The lowest BCUT2D eigenvalue weighted by molar-refractivity contribution is -0.138. The van der Waals surface area contributed by atoms with Gasteiger partial charge in [-0.2, -0.15) is 0 Å². The molecule has 0 fully saturated rings. The van der Waals surface area contributed by atoms with Crippen molar-refractivity contribution in [3.8, 4) is 5.75 Å². The SMILES string of the molecule is C=CCN1C(=O)COc2cc(NC(=O)CCC(=O)O)ccc21. The van der Waals surface area contributed by atoms with Crippen LogP contribution in [0.15, 0.2) is 30.9 Å². The lowest BCUT2D eigenvalue weighted by Crippen LogP contribution is -2.38. The van der Waals surface area contributed by atoms with Crippen molar-refractivity contribution in [2.24, 2.45) is 0 Å². The molecule has 2 amide bonds. The molecular formula is C15H16N2O5. The minimum atomic E-state index is -1.03. The number of hydrogen-bond acceptors (Lipinski definition) is 4. The van der Waals surface area contributed by atoms with Gasteiger partial charge in [-0.25, -0.2) is 0 Å². The van der Waals surface area contributed by atoms with Crippen molar-refractivity contribution in [3.05, 3.63) is 30.9 Å². The molecule has 116 valence electrons. The van der Waals surface area contributed by atoms with E-state index in [1.165, 1.54) is 0 Å². The maximum atomic E-state index is 11.8. The van der Waals surface area contributed by atoms with Crippen LogP contribution in [0.25, 0.3) is 0 Å². The molecule has 7 nitrogen and oxygen atoms in total. The number of ether oxygens (including phenoxy) is 1. The van der Waals surface area contributed by atoms with E-state index in [0.717, 1.165) is 0 Å². The van der Waals surface area contributed by atoms with Crippen LogP contribution in [0.5, 0.6) is 5.75 Å². The van der Waals surface area contributed by atoms with Crippen molar-refractivity contribution < 1.29 is 24.2 Å². The molecule has 2 rings (SSSR count). The second-order valence-corrected chi connectivity index (χ2v) is 4.71. The number of nitrogens with zero attached hydrogens (tertiary/aromatic N) is 1. The van der Waals surface area contributed by atoms with Crippen LogP contribution in [-0.4, -0.2) is 36.0 Å². The average molecular weight is 304 g/mol. The number of rotatable bonds is 6. The molecule has 0 radical (unpaired) electrons. The highest BCUT2D eigenvalue weighted by Gasteiger charge is 2.24. The highest BCUT2D eigenvalue weighted by molar-refractivity contribution is 5.99. The van der Waals surface area contributed by atoms with Gasteiger partial charge in [0.15, 0.2) is 6.61 Å². The van der Waals surface area contributed by atoms with Gasteiger partial charge in [-0.1, -0.05) is 6.08 Å². The highest BCUT2D eigenvalue weighted by atomic mass is 16.5. The molecule has 0 atom stereocenters. The van der Waals surface area contributed by atoms with Gasteiger partial charge in [-0.3, -0.25) is 14.4 Å². The molecule has 2 N–H and O–H groups in total. The molecule has 1 aliphatic heterocycles. The number of carbonyl (C=O) groups excluding carboxylic acids is 2. The van der Waals surface area contributed by atoms with E-state index in [1.54, 1.807) is 29.2 Å². The predicted octanol–water partition coefficient (Wildman–Crippen LogP) is 1.40. The highest BCUT2D eigenvalue weighted by Crippen LogP contribution is 2.34. The Balaban J connectivity index is 2.11. The summed E-state index contributed by atoms with van der Waals surface area (Å²) in [6.07, 6.45) is 1.29. The minimum Gasteiger partial charge on any atom is -0.481 e. The first kappa shape index (κ1) is 15.6. The number of carbonyl (C=O) groups is 3. The summed E-state index contributed by atoms with van der Waals surface area (Å²) in [5.41, 5.74) is 1.10. The van der Waals surface area contributed by atoms with Crippen molar-refractivity contribution in [3.63, 3.8) is 0 Å². The molecule has 0 saturated carbocycles. The smallest absolute Gasteiger partial charge is 0.303 e. The van der Waals surface area contributed by atoms with E-state index >= 15 is 0 Å². The number of fused-ring (bicyclic) bond motifs is 1. The quantitative estimate of drug-likeness (QED) is 0.774. The van der Waals surface area contributed by atoms with Gasteiger partial charge in [0.2, 0.25) is 5.91 Å². The Morgan fingerprint density at radius 3 is 2.86 bits per heavy atom. The normalized spacial score (nSPS) is 13.1. The van der Waals surface area contributed by atoms with Crippen LogP contribution in [-0.2, 0) is 14.4 Å². The summed E-state index contributed by atoms with van der Waals surface area (Å²) in [7, 11) is 0. The van der Waals surface area contributed by atoms with Crippen LogP contribution in [0.4, 0.5) is 11.4 Å². The number of benzene rings is 1. The van der Waals surface area contributed by atoms with E-state index in [4.69, 9.17) is 9.84 Å². The first-order valence-electron chi connectivity index (χ1n) is 6.71. The Morgan fingerprint density at radius 1 is 1.41 bits per heavy atom. The van der Waals surface area contributed by atoms with Crippen molar-refractivity contribution in [2.75, 3.05) is 23.4 Å². The number of carboxylic acids is 1. The standard InChI is InChI=1S/C15H16N2O5/c1-2-7-17-11-4-3-10(8-12(11)22-9-14(17)19)16-13(18)5-6-15(20)21/h2-4,8H,1,5-7,9H2,(H,16,18)(H,20,21). The number of nitrogens with one attached hydrogen (secondary N) is 1. The zero-order valence-electron chi connectivity index (χ0n) is 11.9. The molecule has 1 aliphatic rings. The van der Waals surface area contributed by atoms with Gasteiger partial charge in [0.25, 0.3) is 5.91 Å². The minimum absolute atomic E-state index is 0.0722. The van der Waals surface area contributed by atoms with Crippen molar-refractivity contribution >= 4 is 29.2 Å². The van der Waals surface area contributed by atoms with E-state index < -0.39 is 11.9 Å². The summed E-state index contributed by atoms with van der Waals surface area (Å²) in [5.74, 6) is -1.09. The molecular weight excluding hydrogens is 288 g/mol. The zero-order chi connectivity index (χ0) is 16.1. The number of hydrogen-bond donors (Lipinski definition) is 2. The van der Waals surface area contributed by atoms with Crippen LogP contribution in [0.1, 0.15) is 12.8 Å². The Labute approximate surface area is 127 Å². The fourth-order valence-corrected chi connectivity index (χ4v) is 2.06. The van der Waals surface area contributed by atoms with Crippen LogP contribution in [0.2, 0.25) is 0 Å². The number of carboxylic acid groups (broad SMARTS) is 1. The molecule has 1 heterocycles. The average Bonchev–Trinajstić information content (AvgIpc) is 2.48. The Morgan fingerprint density at radius 2 is 2.18 bits per heavy atom. The molecule has 0 saturated heterocycles. The van der Waals surface area contributed by atoms with Gasteiger partial charge in [0.1, 0.15) is 5.75 Å². The number of anilines is 2. The van der Waals surface area contributed by atoms with Crippen LogP contribution >= 0.6 is 0 Å². The first-order valence-corrected chi connectivity index (χ1v) is 6.71. The van der Waals surface area contributed by atoms with Crippen LogP contribution in [0, 0.1) is 0 Å². The molecule has 1 aromatic carbocycles. The molecule has 1 aromatic rings. The topological polar surface area (TPSA) is 95.9 Å². The largest absolute Gasteiger partial charge is 0.481 e. The predicted molar refractivity (Wildman–Crippen MR) is 80.0 cm³/mol. The van der Waals surface area contributed by atoms with Crippen molar-refractivity contribution in [1.29, 1.82) is 0 Å². The lowest BCUT2D eigenvalue weighted by atomic mass is 10.2. The second-order valence-electron chi connectivity index (χ2n) is 4.71. The van der Waals surface area contributed by atoms with Gasteiger partial charge in [-0.15, -0.1) is 6.58 Å². The molecule has 0 aromatic heterocycles. The van der Waals surface area contributed by atoms with E-state index in [9.17, 15) is 14.4 Å². The molecule has 22 heavy (non-hydrogen) atoms. The lowest BCUT2D eigenvalue weighted by Gasteiger charge is -2.28. The third-order valence-corrected chi connectivity index (χ3v) is 3.06. The zero-order valence-corrected chi connectivity index (χ0v) is 11.9. The van der Waals surface area contributed by atoms with Gasteiger partial charge in [0.05, 0.1) is 12.1 Å². The number of aliphatic carboxylic acids is 1. The van der Waals surface area contributed by atoms with E-state index in [2.05, 4.69) is 11.9 Å². The van der Waals surface area contributed by atoms with Gasteiger partial charge >= 0.3 is 5.97 Å². The third kappa shape index (κ3) is 3.63. The molecule has 0 spiro atoms. The van der Waals surface area contributed by atoms with Gasteiger partial charge < -0.3 is 20.1 Å². The Bertz CT molecular complexity index is 626. The monoisotopic (exact) mass is 304 g/mol. The van der Waals surface area contributed by atoms with Gasteiger partial charge in [0, 0.05) is 24.7 Å². The molecule has 0 aliphatic carbocycles. The summed E-state index contributed by atoms with van der Waals surface area (Å²) in [6.45, 7) is 3.92. The summed E-state index contributed by atoms with van der Waals surface area (Å²) in [6, 6.07) is 4.91. The molecule has 0 bridgehead atoms. The summed E-state index contributed by atoms with van der Waals surface area (Å²) < 4.78 is 5.36. The molecule has 7 heteroatoms. The first-order chi connectivity index (χ1) is 10.5. The van der Waals surface area contributed by atoms with E-state index in [-0.39, 0.29) is 25.4 Å². The fourth-order valence-electron chi connectivity index (χ4n) is 2.06. The second kappa shape index (κ2) is 6.75. The van der Waals surface area contributed by atoms with E-state index in [0.29, 0.717) is 23.7 Å². The third-order valence-electron chi connectivity index (χ3n) is 3.06. The van der Waals surface area contributed by atoms with E-state index in [1.807, 2.05) is 0 Å². The molecule has 0 unspecified atom stereocenters. The fraction of sp³-hybridized carbons (Fsp3) is 0.267. The van der Waals surface area contributed by atoms with Crippen molar-refractivity contribution in [1.82, 2.24) is 0 Å². The van der Waals surface area contributed by atoms with Crippen LogP contribution in [0.3, 0.4) is 0 Å². The van der Waals surface area contributed by atoms with Crippen molar-refractivity contribution in [2.45, 2.75) is 12.8 Å². The maximum Gasteiger partial charge on any atom is 0.303 e. The summed E-state index contributed by atoms with van der Waals surface area (Å²) >= 11 is 0. The van der Waals surface area contributed by atoms with Crippen LogP contribution < -0.4 is 15.0 Å². The Hall–Kier alpha value is -2.83. The number of amides is 2. The maximum absolute atomic E-state index is 11.8. The Kier molecular flexibility index (Phi) is 4.77. The van der Waals surface area contributed by atoms with Gasteiger partial charge in [-0.05, 0) is 12.1 Å².